The van der Waals surface area contributed by atoms with E-state index in [9.17, 15) is 14.9 Å². The van der Waals surface area contributed by atoms with Gasteiger partial charge in [0, 0.05) is 28.6 Å². The van der Waals surface area contributed by atoms with E-state index in [1.54, 1.807) is 16.7 Å². The predicted molar refractivity (Wildman–Crippen MR) is 124 cm³/mol. The van der Waals surface area contributed by atoms with Crippen LogP contribution in [0.15, 0.2) is 38.6 Å². The van der Waals surface area contributed by atoms with Crippen LogP contribution in [0.2, 0.25) is 0 Å². The molecule has 0 bridgehead atoms. The number of nitrogens with zero attached hydrogens (tertiary/aromatic N) is 5. The fraction of sp³-hybridized carbons (Fsp3) is 0.333. The highest BCUT2D eigenvalue weighted by atomic mass is 32.2. The van der Waals surface area contributed by atoms with E-state index >= 15 is 0 Å². The molecule has 0 N–H and O–H groups in total. The van der Waals surface area contributed by atoms with Crippen LogP contribution >= 0.6 is 23.1 Å². The summed E-state index contributed by atoms with van der Waals surface area (Å²) in [5.41, 5.74) is 1.52. The minimum atomic E-state index is -0.462. The van der Waals surface area contributed by atoms with Gasteiger partial charge in [-0.25, -0.2) is 4.98 Å². The van der Waals surface area contributed by atoms with E-state index in [0.717, 1.165) is 15.3 Å². The number of nitro benzene ring substituents is 1. The molecule has 3 aromatic heterocycles. The molecule has 0 saturated heterocycles. The van der Waals surface area contributed by atoms with Crippen LogP contribution in [0.5, 0.6) is 0 Å². The van der Waals surface area contributed by atoms with Crippen molar-refractivity contribution in [3.05, 3.63) is 61.1 Å². The van der Waals surface area contributed by atoms with Gasteiger partial charge in [0.05, 0.1) is 15.6 Å². The van der Waals surface area contributed by atoms with Crippen molar-refractivity contribution in [3.8, 4) is 11.5 Å². The molecule has 166 valence electrons. The second kappa shape index (κ2) is 8.47. The lowest BCUT2D eigenvalue weighted by atomic mass is 10.2. The van der Waals surface area contributed by atoms with Crippen molar-refractivity contribution < 1.29 is 9.34 Å². The van der Waals surface area contributed by atoms with Crippen LogP contribution in [-0.2, 0) is 0 Å². The van der Waals surface area contributed by atoms with E-state index < -0.39 is 4.92 Å². The molecule has 1 atom stereocenters. The summed E-state index contributed by atoms with van der Waals surface area (Å²) in [6.45, 7) is 9.77. The maximum absolute atomic E-state index is 13.2. The van der Waals surface area contributed by atoms with Crippen molar-refractivity contribution in [2.45, 2.75) is 51.1 Å². The van der Waals surface area contributed by atoms with Crippen molar-refractivity contribution in [3.63, 3.8) is 0 Å². The molecule has 0 aliphatic carbocycles. The molecule has 32 heavy (non-hydrogen) atoms. The van der Waals surface area contributed by atoms with Crippen molar-refractivity contribution in [1.29, 1.82) is 0 Å². The van der Waals surface area contributed by atoms with E-state index in [1.807, 2.05) is 34.6 Å². The molecule has 4 aromatic rings. The molecule has 4 rings (SSSR count). The van der Waals surface area contributed by atoms with E-state index in [0.29, 0.717) is 22.0 Å². The normalized spacial score (nSPS) is 12.6. The minimum absolute atomic E-state index is 0.00964. The van der Waals surface area contributed by atoms with Gasteiger partial charge in [-0.1, -0.05) is 11.8 Å². The second-order valence-corrected chi connectivity index (χ2v) is 10.1. The number of hydrogen-bond acceptors (Lipinski definition) is 9. The molecule has 0 radical (unpaired) electrons. The highest BCUT2D eigenvalue weighted by Gasteiger charge is 2.23. The molecule has 3 heterocycles. The van der Waals surface area contributed by atoms with Crippen molar-refractivity contribution >= 4 is 39.0 Å². The lowest BCUT2D eigenvalue weighted by molar-refractivity contribution is -0.384. The standard InChI is InChI=1S/C21H21N5O4S2/c1-10(2)25-20(27)16-11(3)12(4)31-19(16)22-21(25)32-13(5)17-23-24-18(30-17)14-6-8-15(9-7-14)26(28)29/h6-10,13H,1-5H3. The van der Waals surface area contributed by atoms with E-state index in [2.05, 4.69) is 10.2 Å². The number of fused-ring (bicyclic) bond motifs is 1. The Labute approximate surface area is 191 Å². The van der Waals surface area contributed by atoms with Gasteiger partial charge < -0.3 is 4.42 Å². The average Bonchev–Trinajstić information content (AvgIpc) is 3.33. The highest BCUT2D eigenvalue weighted by Crippen LogP contribution is 2.37. The van der Waals surface area contributed by atoms with Crippen LogP contribution in [0.3, 0.4) is 0 Å². The Kier molecular flexibility index (Phi) is 5.87. The molecular formula is C21H21N5O4S2. The maximum Gasteiger partial charge on any atom is 0.269 e. The first-order valence-electron chi connectivity index (χ1n) is 9.94. The van der Waals surface area contributed by atoms with Crippen LogP contribution in [0.25, 0.3) is 21.7 Å². The third kappa shape index (κ3) is 3.93. The molecule has 11 heteroatoms. The van der Waals surface area contributed by atoms with E-state index in [4.69, 9.17) is 9.40 Å². The van der Waals surface area contributed by atoms with Gasteiger partial charge in [0.2, 0.25) is 11.8 Å². The summed E-state index contributed by atoms with van der Waals surface area (Å²) in [6.07, 6.45) is 0. The van der Waals surface area contributed by atoms with Gasteiger partial charge in [0.15, 0.2) is 5.16 Å². The maximum atomic E-state index is 13.2. The van der Waals surface area contributed by atoms with E-state index in [1.165, 1.54) is 35.2 Å². The lowest BCUT2D eigenvalue weighted by Gasteiger charge is -2.16. The first-order chi connectivity index (χ1) is 15.2. The zero-order chi connectivity index (χ0) is 23.2. The number of non-ortho nitro benzene ring substituents is 1. The monoisotopic (exact) mass is 471 g/mol. The Morgan fingerprint density at radius 2 is 1.84 bits per heavy atom. The first-order valence-corrected chi connectivity index (χ1v) is 11.6. The number of rotatable bonds is 6. The quantitative estimate of drug-likeness (QED) is 0.157. The fourth-order valence-electron chi connectivity index (χ4n) is 3.28. The number of benzene rings is 1. The average molecular weight is 472 g/mol. The molecule has 1 unspecified atom stereocenters. The van der Waals surface area contributed by atoms with Gasteiger partial charge in [0.25, 0.3) is 11.2 Å². The molecule has 0 aliphatic rings. The second-order valence-electron chi connectivity index (χ2n) is 7.64. The largest absolute Gasteiger partial charge is 0.419 e. The summed E-state index contributed by atoms with van der Waals surface area (Å²) in [6, 6.07) is 5.86. The van der Waals surface area contributed by atoms with Crippen LogP contribution < -0.4 is 5.56 Å². The third-order valence-corrected chi connectivity index (χ3v) is 7.27. The molecule has 1 aromatic carbocycles. The predicted octanol–water partition coefficient (Wildman–Crippen LogP) is 5.47. The fourth-order valence-corrected chi connectivity index (χ4v) is 5.42. The number of nitro groups is 1. The minimum Gasteiger partial charge on any atom is -0.419 e. The summed E-state index contributed by atoms with van der Waals surface area (Å²) in [7, 11) is 0. The SMILES string of the molecule is Cc1sc2nc(SC(C)c3nnc(-c4ccc([N+](=O)[O-])cc4)o3)n(C(C)C)c(=O)c2c1C. The van der Waals surface area contributed by atoms with Crippen molar-refractivity contribution in [1.82, 2.24) is 19.7 Å². The number of thioether (sulfide) groups is 1. The molecule has 0 spiro atoms. The zero-order valence-corrected chi connectivity index (χ0v) is 19.8. The van der Waals surface area contributed by atoms with Gasteiger partial charge in [-0.2, -0.15) is 0 Å². The van der Waals surface area contributed by atoms with Gasteiger partial charge >= 0.3 is 0 Å². The van der Waals surface area contributed by atoms with Crippen LogP contribution in [-0.4, -0.2) is 24.7 Å². The number of thiophene rings is 1. The zero-order valence-electron chi connectivity index (χ0n) is 18.1. The molecule has 0 saturated carbocycles. The lowest BCUT2D eigenvalue weighted by Crippen LogP contribution is -2.25. The molecule has 9 nitrogen and oxygen atoms in total. The van der Waals surface area contributed by atoms with Crippen LogP contribution in [0.1, 0.15) is 48.4 Å². The third-order valence-electron chi connectivity index (χ3n) is 5.11. The first kappa shape index (κ1) is 22.2. The van der Waals surface area contributed by atoms with E-state index in [-0.39, 0.29) is 28.4 Å². The van der Waals surface area contributed by atoms with Crippen LogP contribution in [0, 0.1) is 24.0 Å². The summed E-state index contributed by atoms with van der Waals surface area (Å²) >= 11 is 2.90. The summed E-state index contributed by atoms with van der Waals surface area (Å²) in [5, 5.41) is 20.1. The van der Waals surface area contributed by atoms with Gasteiger partial charge in [-0.3, -0.25) is 19.5 Å². The topological polar surface area (TPSA) is 117 Å². The number of aryl methyl sites for hydroxylation is 2. The number of aromatic nitrogens is 4. The molecular weight excluding hydrogens is 450 g/mol. The highest BCUT2D eigenvalue weighted by molar-refractivity contribution is 7.99. The summed E-state index contributed by atoms with van der Waals surface area (Å²) in [4.78, 5) is 30.2. The van der Waals surface area contributed by atoms with Crippen molar-refractivity contribution in [2.24, 2.45) is 0 Å². The smallest absolute Gasteiger partial charge is 0.269 e. The molecule has 0 aliphatic heterocycles. The Hall–Kier alpha value is -3.05. The summed E-state index contributed by atoms with van der Waals surface area (Å²) < 4.78 is 7.52. The Morgan fingerprint density at radius 1 is 1.16 bits per heavy atom. The van der Waals surface area contributed by atoms with Crippen molar-refractivity contribution in [2.75, 3.05) is 0 Å². The summed E-state index contributed by atoms with van der Waals surface area (Å²) in [5.74, 6) is 0.656. The Morgan fingerprint density at radius 3 is 2.47 bits per heavy atom. The Balaban J connectivity index is 1.66. The van der Waals surface area contributed by atoms with Gasteiger partial charge in [0.1, 0.15) is 4.83 Å². The molecule has 0 fully saturated rings. The number of hydrogen-bond donors (Lipinski definition) is 0. The van der Waals surface area contributed by atoms with Gasteiger partial charge in [-0.05, 0) is 52.3 Å². The molecule has 0 amide bonds. The van der Waals surface area contributed by atoms with Crippen LogP contribution in [0.4, 0.5) is 5.69 Å². The van der Waals surface area contributed by atoms with Gasteiger partial charge in [-0.15, -0.1) is 21.5 Å². The Bertz CT molecular complexity index is 1370.